The molecule has 1 aliphatic carbocycles. The molecule has 0 radical (unpaired) electrons. The van der Waals surface area contributed by atoms with E-state index in [1.165, 1.54) is 23.3 Å². The zero-order valence-electron chi connectivity index (χ0n) is 17.7. The van der Waals surface area contributed by atoms with Crippen molar-refractivity contribution in [2.75, 3.05) is 19.0 Å². The van der Waals surface area contributed by atoms with Gasteiger partial charge in [0.25, 0.3) is 5.91 Å². The second-order valence-electron chi connectivity index (χ2n) is 8.38. The molecule has 1 spiro atoms. The molecule has 164 valence electrons. The molecule has 0 atom stereocenters. The fraction of sp³-hybridized carbons (Fsp3) is 0.619. The van der Waals surface area contributed by atoms with Gasteiger partial charge in [0.2, 0.25) is 5.91 Å². The Morgan fingerprint density at radius 1 is 1.30 bits per heavy atom. The maximum absolute atomic E-state index is 12.6. The minimum Gasteiger partial charge on any atom is -0.465 e. The van der Waals surface area contributed by atoms with E-state index in [1.54, 1.807) is 0 Å². The highest BCUT2D eigenvalue weighted by atomic mass is 32.1. The van der Waals surface area contributed by atoms with Crippen LogP contribution in [0.5, 0.6) is 0 Å². The maximum atomic E-state index is 12.6. The summed E-state index contributed by atoms with van der Waals surface area (Å²) in [5.41, 5.74) is 0.540. The Hall–Kier alpha value is -2.42. The average Bonchev–Trinajstić information content (AvgIpc) is 3.36. The van der Waals surface area contributed by atoms with Gasteiger partial charge in [0, 0.05) is 13.0 Å². The van der Waals surface area contributed by atoms with Crippen LogP contribution >= 0.6 is 11.3 Å². The smallest absolute Gasteiger partial charge is 0.341 e. The molecule has 0 aromatic carbocycles. The van der Waals surface area contributed by atoms with Crippen LogP contribution in [0.4, 0.5) is 9.80 Å². The van der Waals surface area contributed by atoms with Crippen molar-refractivity contribution in [1.29, 1.82) is 0 Å². The molecular weight excluding hydrogens is 406 g/mol. The molecule has 1 aliphatic heterocycles. The van der Waals surface area contributed by atoms with E-state index in [1.807, 2.05) is 5.38 Å². The van der Waals surface area contributed by atoms with Crippen LogP contribution in [0.15, 0.2) is 5.38 Å². The summed E-state index contributed by atoms with van der Waals surface area (Å²) in [6.07, 6.45) is 4.45. The summed E-state index contributed by atoms with van der Waals surface area (Å²) >= 11 is 1.30. The zero-order chi connectivity index (χ0) is 21.9. The lowest BCUT2D eigenvalue weighted by atomic mass is 9.98. The summed E-state index contributed by atoms with van der Waals surface area (Å²) in [7, 11) is 1.32. The molecule has 2 N–H and O–H groups in total. The number of thiophene rings is 1. The summed E-state index contributed by atoms with van der Waals surface area (Å²) in [4.78, 5) is 50.7. The average molecular weight is 436 g/mol. The first-order valence-electron chi connectivity index (χ1n) is 10.4. The van der Waals surface area contributed by atoms with Crippen molar-refractivity contribution < 1.29 is 23.9 Å². The van der Waals surface area contributed by atoms with Gasteiger partial charge in [-0.25, -0.2) is 9.59 Å². The van der Waals surface area contributed by atoms with Crippen LogP contribution in [-0.2, 0) is 20.7 Å². The molecule has 8 nitrogen and oxygen atoms in total. The highest BCUT2D eigenvalue weighted by Crippen LogP contribution is 2.35. The van der Waals surface area contributed by atoms with Crippen molar-refractivity contribution in [2.45, 2.75) is 64.3 Å². The van der Waals surface area contributed by atoms with Crippen LogP contribution in [0.2, 0.25) is 0 Å². The molecule has 1 saturated heterocycles. The highest BCUT2D eigenvalue weighted by Gasteiger charge is 2.52. The highest BCUT2D eigenvalue weighted by molar-refractivity contribution is 7.15. The van der Waals surface area contributed by atoms with E-state index in [0.717, 1.165) is 18.4 Å². The van der Waals surface area contributed by atoms with Crippen LogP contribution in [0.25, 0.3) is 0 Å². The number of rotatable bonds is 8. The molecule has 9 heteroatoms. The van der Waals surface area contributed by atoms with Gasteiger partial charge < -0.3 is 15.4 Å². The quantitative estimate of drug-likeness (QED) is 0.481. The standard InChI is InChI=1S/C21H29N3O5S/c1-13(2)11-14-12-30-17(16(14)18(26)29-3)22-15(25)7-6-10-24-19(27)21(23-20(24)28)8-4-5-9-21/h12-13H,4-11H2,1-3H3,(H,22,25)(H,23,28). The molecule has 2 fully saturated rings. The van der Waals surface area contributed by atoms with Crippen LogP contribution in [-0.4, -0.2) is 47.9 Å². The number of anilines is 1. The van der Waals surface area contributed by atoms with E-state index in [9.17, 15) is 19.2 Å². The molecule has 0 unspecified atom stereocenters. The van der Waals surface area contributed by atoms with Crippen LogP contribution in [0.3, 0.4) is 0 Å². The molecule has 4 amide bonds. The Morgan fingerprint density at radius 3 is 2.63 bits per heavy atom. The Balaban J connectivity index is 1.56. The summed E-state index contributed by atoms with van der Waals surface area (Å²) in [6, 6.07) is -0.369. The first-order valence-corrected chi connectivity index (χ1v) is 11.3. The number of hydrogen-bond donors (Lipinski definition) is 2. The van der Waals surface area contributed by atoms with Crippen molar-refractivity contribution in [3.8, 4) is 0 Å². The monoisotopic (exact) mass is 435 g/mol. The van der Waals surface area contributed by atoms with Gasteiger partial charge in [-0.3, -0.25) is 14.5 Å². The first-order chi connectivity index (χ1) is 14.3. The minimum absolute atomic E-state index is 0.141. The fourth-order valence-electron chi connectivity index (χ4n) is 4.19. The third-order valence-corrected chi connectivity index (χ3v) is 6.57. The number of carbonyl (C=O) groups excluding carboxylic acids is 4. The largest absolute Gasteiger partial charge is 0.465 e. The number of nitrogens with zero attached hydrogens (tertiary/aromatic N) is 1. The maximum Gasteiger partial charge on any atom is 0.341 e. The van der Waals surface area contributed by atoms with E-state index in [2.05, 4.69) is 24.5 Å². The topological polar surface area (TPSA) is 105 Å². The van der Waals surface area contributed by atoms with Crippen molar-refractivity contribution in [2.24, 2.45) is 5.92 Å². The number of nitrogens with one attached hydrogen (secondary N) is 2. The molecule has 0 bridgehead atoms. The predicted molar refractivity (Wildman–Crippen MR) is 114 cm³/mol. The minimum atomic E-state index is -0.724. The molecule has 2 aliphatic rings. The van der Waals surface area contributed by atoms with Gasteiger partial charge in [-0.2, -0.15) is 0 Å². The normalized spacial score (nSPS) is 17.7. The van der Waals surface area contributed by atoms with Crippen molar-refractivity contribution in [1.82, 2.24) is 10.2 Å². The first kappa shape index (κ1) is 22.3. The number of esters is 1. The van der Waals surface area contributed by atoms with Crippen LogP contribution in [0, 0.1) is 5.92 Å². The van der Waals surface area contributed by atoms with Crippen LogP contribution < -0.4 is 10.6 Å². The SMILES string of the molecule is COC(=O)c1c(CC(C)C)csc1NC(=O)CCCN1C(=O)NC2(CCCC2)C1=O. The van der Waals surface area contributed by atoms with Gasteiger partial charge >= 0.3 is 12.0 Å². The van der Waals surface area contributed by atoms with Gasteiger partial charge in [0.05, 0.1) is 12.7 Å². The Morgan fingerprint density at radius 2 is 2.00 bits per heavy atom. The van der Waals surface area contributed by atoms with E-state index < -0.39 is 11.5 Å². The van der Waals surface area contributed by atoms with Crippen molar-refractivity contribution in [3.05, 3.63) is 16.5 Å². The summed E-state index contributed by atoms with van der Waals surface area (Å²) in [5, 5.41) is 7.98. The molecule has 1 aromatic heterocycles. The Bertz CT molecular complexity index is 842. The van der Waals surface area contributed by atoms with Crippen LogP contribution in [0.1, 0.15) is 68.3 Å². The van der Waals surface area contributed by atoms with E-state index >= 15 is 0 Å². The summed E-state index contributed by atoms with van der Waals surface area (Å²) in [5.74, 6) is -0.544. The summed E-state index contributed by atoms with van der Waals surface area (Å²) in [6.45, 7) is 4.32. The predicted octanol–water partition coefficient (Wildman–Crippen LogP) is 3.32. The number of hydrogen-bond acceptors (Lipinski definition) is 6. The van der Waals surface area contributed by atoms with E-state index in [0.29, 0.717) is 42.2 Å². The van der Waals surface area contributed by atoms with Crippen molar-refractivity contribution >= 4 is 40.2 Å². The third kappa shape index (κ3) is 4.50. The molecule has 30 heavy (non-hydrogen) atoms. The number of amides is 4. The Labute approximate surface area is 180 Å². The van der Waals surface area contributed by atoms with Gasteiger partial charge in [-0.05, 0) is 42.5 Å². The van der Waals surface area contributed by atoms with Gasteiger partial charge in [-0.15, -0.1) is 11.3 Å². The van der Waals surface area contributed by atoms with Crippen molar-refractivity contribution in [3.63, 3.8) is 0 Å². The fourth-order valence-corrected chi connectivity index (χ4v) is 5.16. The van der Waals surface area contributed by atoms with E-state index in [4.69, 9.17) is 4.74 Å². The molecule has 3 rings (SSSR count). The Kier molecular flexibility index (Phi) is 6.80. The molecular formula is C21H29N3O5S. The number of carbonyl (C=O) groups is 4. The van der Waals surface area contributed by atoms with Gasteiger partial charge in [0.1, 0.15) is 10.5 Å². The zero-order valence-corrected chi connectivity index (χ0v) is 18.5. The second-order valence-corrected chi connectivity index (χ2v) is 9.26. The molecule has 1 saturated carbocycles. The lowest BCUT2D eigenvalue weighted by molar-refractivity contribution is -0.131. The molecule has 1 aromatic rings. The number of methoxy groups -OCH3 is 1. The second kappa shape index (κ2) is 9.16. The summed E-state index contributed by atoms with van der Waals surface area (Å²) < 4.78 is 4.88. The number of imide groups is 1. The lowest BCUT2D eigenvalue weighted by Gasteiger charge is -2.19. The number of urea groups is 1. The van der Waals surface area contributed by atoms with E-state index in [-0.39, 0.29) is 30.8 Å². The third-order valence-electron chi connectivity index (χ3n) is 5.63. The van der Waals surface area contributed by atoms with Gasteiger partial charge in [-0.1, -0.05) is 26.7 Å². The lowest BCUT2D eigenvalue weighted by Crippen LogP contribution is -2.44. The van der Waals surface area contributed by atoms with Gasteiger partial charge in [0.15, 0.2) is 0 Å². The number of ether oxygens (including phenoxy) is 1. The molecule has 2 heterocycles.